The van der Waals surface area contributed by atoms with Crippen LogP contribution in [0.1, 0.15) is 5.56 Å². The number of rotatable bonds is 7. The number of nitrogens with zero attached hydrogens (tertiary/aromatic N) is 2. The molecule has 176 valence electrons. The van der Waals surface area contributed by atoms with Gasteiger partial charge in [0.05, 0.1) is 36.8 Å². The Hall–Kier alpha value is -3.36. The molecule has 2 aromatic carbocycles. The molecule has 2 aromatic rings. The van der Waals surface area contributed by atoms with E-state index < -0.39 is 10.0 Å². The molecule has 5 rings (SSSR count). The Kier molecular flexibility index (Phi) is 5.58. The molecule has 1 heterocycles. The number of carbonyl (C=O) groups excluding carboxylic acids is 1. The Labute approximate surface area is 199 Å². The lowest BCUT2D eigenvalue weighted by Gasteiger charge is -2.51. The minimum Gasteiger partial charge on any atom is -0.497 e. The van der Waals surface area contributed by atoms with Crippen LogP contribution in [0.5, 0.6) is 5.75 Å². The van der Waals surface area contributed by atoms with Gasteiger partial charge in [0.1, 0.15) is 5.75 Å². The number of fused-ring (bicyclic) bond motifs is 2. The Morgan fingerprint density at radius 2 is 1.76 bits per heavy atom. The van der Waals surface area contributed by atoms with E-state index in [4.69, 9.17) is 9.47 Å². The summed E-state index contributed by atoms with van der Waals surface area (Å²) in [6.45, 7) is 1.08. The lowest BCUT2D eigenvalue weighted by molar-refractivity contribution is -0.151. The zero-order valence-electron chi connectivity index (χ0n) is 19.3. The van der Waals surface area contributed by atoms with Crippen molar-refractivity contribution in [2.75, 3.05) is 38.7 Å². The fourth-order valence-electron chi connectivity index (χ4n) is 4.84. The van der Waals surface area contributed by atoms with Crippen molar-refractivity contribution in [2.24, 2.45) is 5.92 Å². The molecule has 2 aliphatic carbocycles. The minimum absolute atomic E-state index is 0.162. The van der Waals surface area contributed by atoms with Crippen LogP contribution in [0.2, 0.25) is 0 Å². The summed E-state index contributed by atoms with van der Waals surface area (Å²) in [7, 11) is 0.668. The first-order valence-corrected chi connectivity index (χ1v) is 12.5. The van der Waals surface area contributed by atoms with Crippen LogP contribution in [0, 0.1) is 5.92 Å². The lowest BCUT2D eigenvalue weighted by atomic mass is 9.72. The summed E-state index contributed by atoms with van der Waals surface area (Å²) in [5, 5.41) is 0. The number of benzene rings is 2. The van der Waals surface area contributed by atoms with E-state index in [1.807, 2.05) is 42.5 Å². The molecule has 1 aliphatic heterocycles. The molecule has 1 atom stereocenters. The SMILES string of the molecule is COC(=O)C1CN(C2c3ccc(-c4ccccc4)c2c3S(=O)(=O)N(C)c2cccc(OC)c2)C1. The summed E-state index contributed by atoms with van der Waals surface area (Å²) in [5.74, 6) is 0.173. The van der Waals surface area contributed by atoms with Gasteiger partial charge in [0.25, 0.3) is 10.0 Å². The summed E-state index contributed by atoms with van der Waals surface area (Å²) in [4.78, 5) is 14.4. The van der Waals surface area contributed by atoms with Crippen molar-refractivity contribution in [1.82, 2.24) is 4.90 Å². The molecule has 0 saturated carbocycles. The Morgan fingerprint density at radius 3 is 2.44 bits per heavy atom. The van der Waals surface area contributed by atoms with E-state index in [1.165, 1.54) is 11.4 Å². The normalized spacial score (nSPS) is 20.0. The second-order valence-corrected chi connectivity index (χ2v) is 10.5. The van der Waals surface area contributed by atoms with Crippen molar-refractivity contribution in [1.29, 1.82) is 0 Å². The first-order valence-electron chi connectivity index (χ1n) is 11.0. The van der Waals surface area contributed by atoms with Crippen LogP contribution in [-0.4, -0.2) is 59.7 Å². The topological polar surface area (TPSA) is 76.2 Å². The summed E-state index contributed by atoms with van der Waals surface area (Å²) >= 11 is 0. The predicted molar refractivity (Wildman–Crippen MR) is 131 cm³/mol. The number of sulfonamides is 1. The number of carbonyl (C=O) groups is 1. The van der Waals surface area contributed by atoms with Crippen LogP contribution >= 0.6 is 0 Å². The number of anilines is 1. The third-order valence-electron chi connectivity index (χ3n) is 6.72. The van der Waals surface area contributed by atoms with Gasteiger partial charge in [0, 0.05) is 31.8 Å². The highest BCUT2D eigenvalue weighted by molar-refractivity contribution is 7.97. The van der Waals surface area contributed by atoms with Crippen LogP contribution in [0.15, 0.2) is 82.8 Å². The second-order valence-electron chi connectivity index (χ2n) is 8.56. The number of methoxy groups -OCH3 is 2. The van der Waals surface area contributed by atoms with E-state index in [1.54, 1.807) is 38.4 Å². The number of allylic oxidation sites excluding steroid dienone is 2. The third kappa shape index (κ3) is 3.45. The van der Waals surface area contributed by atoms with Gasteiger partial charge in [0.2, 0.25) is 0 Å². The zero-order chi connectivity index (χ0) is 24.0. The molecular formula is C26H26N2O5S. The molecule has 34 heavy (non-hydrogen) atoms. The summed E-state index contributed by atoms with van der Waals surface area (Å²) in [6.07, 6.45) is 3.89. The zero-order valence-corrected chi connectivity index (χ0v) is 20.1. The summed E-state index contributed by atoms with van der Waals surface area (Å²) in [6, 6.07) is 16.6. The van der Waals surface area contributed by atoms with E-state index in [2.05, 4.69) is 4.90 Å². The van der Waals surface area contributed by atoms with Crippen molar-refractivity contribution in [3.63, 3.8) is 0 Å². The number of ether oxygens (including phenoxy) is 2. The fraction of sp³-hybridized carbons (Fsp3) is 0.269. The third-order valence-corrected chi connectivity index (χ3v) is 8.63. The highest BCUT2D eigenvalue weighted by Gasteiger charge is 2.52. The van der Waals surface area contributed by atoms with Gasteiger partial charge in [0.15, 0.2) is 0 Å². The maximum atomic E-state index is 13.9. The molecule has 8 heteroatoms. The number of hydrogen-bond acceptors (Lipinski definition) is 6. The summed E-state index contributed by atoms with van der Waals surface area (Å²) < 4.78 is 39.2. The largest absolute Gasteiger partial charge is 0.497 e. The van der Waals surface area contributed by atoms with Gasteiger partial charge < -0.3 is 9.47 Å². The van der Waals surface area contributed by atoms with Crippen LogP contribution in [-0.2, 0) is 19.6 Å². The highest BCUT2D eigenvalue weighted by Crippen LogP contribution is 2.52. The first-order chi connectivity index (χ1) is 16.4. The number of hydrogen-bond donors (Lipinski definition) is 0. The maximum absolute atomic E-state index is 13.9. The van der Waals surface area contributed by atoms with Crippen LogP contribution in [0.25, 0.3) is 5.57 Å². The standard InChI is InChI=1S/C26H26N2O5S/c1-27(19-10-7-11-20(14-19)32-2)34(30,31)25-22-13-12-21(17-8-5-4-6-9-17)23(25)24(22)28-15-18(16-28)26(29)33-3/h4-14,18,24H,15-16H2,1-3H3. The summed E-state index contributed by atoms with van der Waals surface area (Å²) in [5.41, 5.74) is 3.91. The van der Waals surface area contributed by atoms with E-state index in [9.17, 15) is 13.2 Å². The van der Waals surface area contributed by atoms with Gasteiger partial charge in [-0.25, -0.2) is 8.42 Å². The smallest absolute Gasteiger partial charge is 0.311 e. The Balaban J connectivity index is 1.55. The molecule has 7 nitrogen and oxygen atoms in total. The maximum Gasteiger partial charge on any atom is 0.311 e. The van der Waals surface area contributed by atoms with Crippen molar-refractivity contribution < 1.29 is 22.7 Å². The highest BCUT2D eigenvalue weighted by atomic mass is 32.2. The molecule has 1 unspecified atom stereocenters. The predicted octanol–water partition coefficient (Wildman–Crippen LogP) is 3.23. The van der Waals surface area contributed by atoms with Crippen LogP contribution in [0.4, 0.5) is 5.69 Å². The van der Waals surface area contributed by atoms with E-state index in [0.29, 0.717) is 29.4 Å². The molecular weight excluding hydrogens is 452 g/mol. The molecule has 1 fully saturated rings. The van der Waals surface area contributed by atoms with Gasteiger partial charge in [-0.1, -0.05) is 48.6 Å². The molecule has 2 bridgehead atoms. The molecule has 3 aliphatic rings. The molecule has 1 saturated heterocycles. The average molecular weight is 479 g/mol. The van der Waals surface area contributed by atoms with Crippen molar-refractivity contribution in [3.8, 4) is 5.75 Å². The Morgan fingerprint density at radius 1 is 1.03 bits per heavy atom. The van der Waals surface area contributed by atoms with Crippen LogP contribution in [0.3, 0.4) is 0 Å². The minimum atomic E-state index is -3.84. The number of likely N-dealkylation sites (tertiary alicyclic amines) is 1. The van der Waals surface area contributed by atoms with E-state index in [-0.39, 0.29) is 17.9 Å². The molecule has 0 N–H and O–H groups in total. The molecule has 0 spiro atoms. The van der Waals surface area contributed by atoms with Gasteiger partial charge in [-0.15, -0.1) is 0 Å². The van der Waals surface area contributed by atoms with E-state index in [0.717, 1.165) is 22.3 Å². The molecule has 0 aromatic heterocycles. The van der Waals surface area contributed by atoms with Crippen molar-refractivity contribution in [3.05, 3.63) is 88.4 Å². The first kappa shape index (κ1) is 22.4. The molecule has 0 amide bonds. The number of esters is 1. The fourth-order valence-corrected chi connectivity index (χ4v) is 6.48. The van der Waals surface area contributed by atoms with Crippen molar-refractivity contribution in [2.45, 2.75) is 6.04 Å². The van der Waals surface area contributed by atoms with Gasteiger partial charge in [-0.2, -0.15) is 0 Å². The van der Waals surface area contributed by atoms with Crippen LogP contribution < -0.4 is 9.04 Å². The lowest BCUT2D eigenvalue weighted by Crippen LogP contribution is -2.60. The quantitative estimate of drug-likeness (QED) is 0.569. The molecule has 0 radical (unpaired) electrons. The monoisotopic (exact) mass is 478 g/mol. The van der Waals surface area contributed by atoms with Gasteiger partial charge >= 0.3 is 5.97 Å². The Bertz CT molecular complexity index is 1340. The second kappa shape index (κ2) is 8.45. The van der Waals surface area contributed by atoms with E-state index >= 15 is 0 Å². The van der Waals surface area contributed by atoms with Gasteiger partial charge in [-0.3, -0.25) is 14.0 Å². The average Bonchev–Trinajstić information content (AvgIpc) is 2.84. The van der Waals surface area contributed by atoms with Crippen molar-refractivity contribution >= 4 is 27.3 Å². The van der Waals surface area contributed by atoms with Gasteiger partial charge in [-0.05, 0) is 28.8 Å².